The van der Waals surface area contributed by atoms with Gasteiger partial charge in [0.1, 0.15) is 11.9 Å². The van der Waals surface area contributed by atoms with E-state index in [1.54, 1.807) is 24.4 Å². The molecule has 0 saturated carbocycles. The van der Waals surface area contributed by atoms with Crippen molar-refractivity contribution in [2.24, 2.45) is 0 Å². The van der Waals surface area contributed by atoms with Crippen molar-refractivity contribution >= 4 is 21.3 Å². The molecule has 1 saturated heterocycles. The Bertz CT molecular complexity index is 864. The summed E-state index contributed by atoms with van der Waals surface area (Å²) in [7, 11) is -3.25. The third kappa shape index (κ3) is 3.34. The molecule has 124 valence electrons. The maximum atomic E-state index is 12.0. The maximum absolute atomic E-state index is 12.0. The summed E-state index contributed by atoms with van der Waals surface area (Å²) in [6.07, 6.45) is 2.81. The molecule has 0 spiro atoms. The topological polar surface area (TPSA) is 77.3 Å². The average Bonchev–Trinajstić information content (AvgIpc) is 2.61. The molecule has 1 aromatic heterocycles. The highest BCUT2D eigenvalue weighted by molar-refractivity contribution is 7.90. The van der Waals surface area contributed by atoms with E-state index in [0.717, 1.165) is 24.6 Å². The smallest absolute Gasteiger partial charge is 0.177 e. The first-order chi connectivity index (χ1) is 11.5. The molecule has 1 aliphatic rings. The standard InChI is InChI=1S/C17H18N4O2S/c1-24(22,23)16-5-3-2-4-15(16)20-8-10-21(11-9-20)17-7-6-14(12-18)13-19-17/h2-7,13H,8-11H2,1H3. The normalized spacial score (nSPS) is 15.2. The highest BCUT2D eigenvalue weighted by Gasteiger charge is 2.22. The molecule has 3 rings (SSSR count). The molecule has 0 amide bonds. The van der Waals surface area contributed by atoms with Crippen molar-refractivity contribution in [3.8, 4) is 6.07 Å². The number of para-hydroxylation sites is 1. The van der Waals surface area contributed by atoms with Crippen molar-refractivity contribution in [2.75, 3.05) is 42.2 Å². The van der Waals surface area contributed by atoms with Gasteiger partial charge in [0.15, 0.2) is 9.84 Å². The number of aromatic nitrogens is 1. The van der Waals surface area contributed by atoms with Crippen LogP contribution >= 0.6 is 0 Å². The zero-order valence-electron chi connectivity index (χ0n) is 13.4. The van der Waals surface area contributed by atoms with Gasteiger partial charge in [-0.15, -0.1) is 0 Å². The van der Waals surface area contributed by atoms with Gasteiger partial charge < -0.3 is 9.80 Å². The molecule has 2 heterocycles. The Morgan fingerprint density at radius 3 is 2.29 bits per heavy atom. The lowest BCUT2D eigenvalue weighted by Gasteiger charge is -2.37. The molecule has 0 bridgehead atoms. The molecule has 0 radical (unpaired) electrons. The van der Waals surface area contributed by atoms with Gasteiger partial charge in [0, 0.05) is 38.6 Å². The molecule has 7 heteroatoms. The minimum Gasteiger partial charge on any atom is -0.367 e. The Labute approximate surface area is 141 Å². The van der Waals surface area contributed by atoms with Gasteiger partial charge in [0.25, 0.3) is 0 Å². The first-order valence-electron chi connectivity index (χ1n) is 7.64. The molecular formula is C17H18N4O2S. The Morgan fingerprint density at radius 2 is 1.71 bits per heavy atom. The van der Waals surface area contributed by atoms with Crippen LogP contribution in [0.25, 0.3) is 0 Å². The van der Waals surface area contributed by atoms with E-state index in [9.17, 15) is 8.42 Å². The van der Waals surface area contributed by atoms with Crippen LogP contribution in [0.15, 0.2) is 47.5 Å². The van der Waals surface area contributed by atoms with Crippen molar-refractivity contribution in [3.05, 3.63) is 48.2 Å². The Balaban J connectivity index is 1.75. The third-order valence-electron chi connectivity index (χ3n) is 4.09. The predicted molar refractivity (Wildman–Crippen MR) is 92.9 cm³/mol. The average molecular weight is 342 g/mol. The van der Waals surface area contributed by atoms with Crippen LogP contribution in [-0.4, -0.2) is 45.8 Å². The Morgan fingerprint density at radius 1 is 1.04 bits per heavy atom. The number of benzene rings is 1. The summed E-state index contributed by atoms with van der Waals surface area (Å²) in [6.45, 7) is 2.93. The van der Waals surface area contributed by atoms with Crippen molar-refractivity contribution < 1.29 is 8.42 Å². The Kier molecular flexibility index (Phi) is 4.40. The highest BCUT2D eigenvalue weighted by Crippen LogP contribution is 2.26. The highest BCUT2D eigenvalue weighted by atomic mass is 32.2. The lowest BCUT2D eigenvalue weighted by molar-refractivity contribution is 0.599. The monoisotopic (exact) mass is 342 g/mol. The summed E-state index contributed by atoms with van der Waals surface area (Å²) in [5, 5.41) is 8.83. The molecule has 0 atom stereocenters. The number of nitrogens with zero attached hydrogens (tertiary/aromatic N) is 4. The van der Waals surface area contributed by atoms with Gasteiger partial charge in [-0.05, 0) is 24.3 Å². The minimum absolute atomic E-state index is 0.370. The van der Waals surface area contributed by atoms with E-state index in [1.807, 2.05) is 18.2 Å². The van der Waals surface area contributed by atoms with Gasteiger partial charge in [0.05, 0.1) is 16.1 Å². The van der Waals surface area contributed by atoms with Crippen LogP contribution in [0.3, 0.4) is 0 Å². The van der Waals surface area contributed by atoms with Crippen molar-refractivity contribution in [3.63, 3.8) is 0 Å². The van der Waals surface area contributed by atoms with Crippen LogP contribution < -0.4 is 9.80 Å². The third-order valence-corrected chi connectivity index (χ3v) is 5.23. The SMILES string of the molecule is CS(=O)(=O)c1ccccc1N1CCN(c2ccc(C#N)cn2)CC1. The molecule has 24 heavy (non-hydrogen) atoms. The number of pyridine rings is 1. The number of anilines is 2. The summed E-state index contributed by atoms with van der Waals surface area (Å²) in [6, 6.07) is 12.8. The van der Waals surface area contributed by atoms with E-state index in [1.165, 1.54) is 6.26 Å². The molecule has 2 aromatic rings. The van der Waals surface area contributed by atoms with E-state index in [2.05, 4.69) is 20.9 Å². The number of hydrogen-bond acceptors (Lipinski definition) is 6. The van der Waals surface area contributed by atoms with E-state index in [0.29, 0.717) is 23.5 Å². The van der Waals surface area contributed by atoms with Crippen molar-refractivity contribution in [2.45, 2.75) is 4.90 Å². The number of nitriles is 1. The molecule has 1 fully saturated rings. The summed E-state index contributed by atoms with van der Waals surface area (Å²) in [4.78, 5) is 8.92. The quantitative estimate of drug-likeness (QED) is 0.845. The summed E-state index contributed by atoms with van der Waals surface area (Å²) < 4.78 is 23.9. The van der Waals surface area contributed by atoms with Gasteiger partial charge in [0.2, 0.25) is 0 Å². The predicted octanol–water partition coefficient (Wildman–Crippen LogP) is 1.68. The zero-order valence-corrected chi connectivity index (χ0v) is 14.2. The van der Waals surface area contributed by atoms with E-state index in [-0.39, 0.29) is 0 Å². The molecule has 0 aliphatic carbocycles. The van der Waals surface area contributed by atoms with Crippen LogP contribution in [-0.2, 0) is 9.84 Å². The number of sulfone groups is 1. The fraction of sp³-hybridized carbons (Fsp3) is 0.294. The van der Waals surface area contributed by atoms with Gasteiger partial charge >= 0.3 is 0 Å². The van der Waals surface area contributed by atoms with Gasteiger partial charge in [-0.1, -0.05) is 12.1 Å². The van der Waals surface area contributed by atoms with Crippen LogP contribution in [0.5, 0.6) is 0 Å². The van der Waals surface area contributed by atoms with Gasteiger partial charge in [-0.3, -0.25) is 0 Å². The molecule has 1 aromatic carbocycles. The fourth-order valence-corrected chi connectivity index (χ4v) is 3.75. The molecule has 0 N–H and O–H groups in total. The number of hydrogen-bond donors (Lipinski definition) is 0. The molecule has 1 aliphatic heterocycles. The van der Waals surface area contributed by atoms with Crippen LogP contribution in [0.4, 0.5) is 11.5 Å². The van der Waals surface area contributed by atoms with Gasteiger partial charge in [-0.25, -0.2) is 13.4 Å². The first-order valence-corrected chi connectivity index (χ1v) is 9.53. The van der Waals surface area contributed by atoms with E-state index in [4.69, 9.17) is 5.26 Å². The number of piperazine rings is 1. The second-order valence-corrected chi connectivity index (χ2v) is 7.72. The lowest BCUT2D eigenvalue weighted by Crippen LogP contribution is -2.47. The number of rotatable bonds is 3. The maximum Gasteiger partial charge on any atom is 0.177 e. The Hall–Kier alpha value is -2.59. The van der Waals surface area contributed by atoms with Crippen LogP contribution in [0, 0.1) is 11.3 Å². The fourth-order valence-electron chi connectivity index (χ4n) is 2.85. The largest absolute Gasteiger partial charge is 0.367 e. The van der Waals surface area contributed by atoms with Crippen molar-refractivity contribution in [1.29, 1.82) is 5.26 Å². The summed E-state index contributed by atoms with van der Waals surface area (Å²) >= 11 is 0. The lowest BCUT2D eigenvalue weighted by atomic mass is 10.2. The molecule has 0 unspecified atom stereocenters. The van der Waals surface area contributed by atoms with Crippen LogP contribution in [0.1, 0.15) is 5.56 Å². The summed E-state index contributed by atoms with van der Waals surface area (Å²) in [5.41, 5.74) is 1.30. The van der Waals surface area contributed by atoms with E-state index < -0.39 is 9.84 Å². The molecular weight excluding hydrogens is 324 g/mol. The first kappa shape index (κ1) is 16.3. The second-order valence-electron chi connectivity index (χ2n) is 5.73. The minimum atomic E-state index is -3.25. The molecule has 6 nitrogen and oxygen atoms in total. The van der Waals surface area contributed by atoms with Crippen LogP contribution in [0.2, 0.25) is 0 Å². The van der Waals surface area contributed by atoms with E-state index >= 15 is 0 Å². The summed E-state index contributed by atoms with van der Waals surface area (Å²) in [5.74, 6) is 0.838. The zero-order chi connectivity index (χ0) is 17.2. The second kappa shape index (κ2) is 6.49. The van der Waals surface area contributed by atoms with Gasteiger partial charge in [-0.2, -0.15) is 5.26 Å². The van der Waals surface area contributed by atoms with Crippen molar-refractivity contribution in [1.82, 2.24) is 4.98 Å².